The van der Waals surface area contributed by atoms with Crippen molar-refractivity contribution in [3.8, 4) is 0 Å². The number of hydrogen-bond donors (Lipinski definition) is 1. The molecular formula is C13H21N3OS. The number of carbonyl (C=O) groups is 1. The van der Waals surface area contributed by atoms with Crippen LogP contribution in [0.15, 0.2) is 6.20 Å². The van der Waals surface area contributed by atoms with Crippen LogP contribution >= 0.6 is 11.3 Å². The van der Waals surface area contributed by atoms with Crippen LogP contribution in [0.3, 0.4) is 0 Å². The minimum Gasteiger partial charge on any atom is -0.350 e. The Balaban J connectivity index is 1.70. The fraction of sp³-hybridized carbons (Fsp3) is 0.692. The van der Waals surface area contributed by atoms with Gasteiger partial charge in [0.05, 0.1) is 11.2 Å². The fourth-order valence-electron chi connectivity index (χ4n) is 2.37. The molecule has 0 radical (unpaired) electrons. The average molecular weight is 267 g/mol. The molecule has 0 aromatic carbocycles. The molecule has 1 aliphatic heterocycles. The molecule has 2 heterocycles. The van der Waals surface area contributed by atoms with E-state index in [4.69, 9.17) is 0 Å². The van der Waals surface area contributed by atoms with E-state index in [1.807, 2.05) is 6.92 Å². The highest BCUT2D eigenvalue weighted by Crippen LogP contribution is 2.14. The normalized spacial score (nSPS) is 20.9. The molecule has 4 nitrogen and oxygen atoms in total. The Kier molecular flexibility index (Phi) is 4.72. The topological polar surface area (TPSA) is 45.2 Å². The van der Waals surface area contributed by atoms with Crippen LogP contribution in [-0.2, 0) is 0 Å². The van der Waals surface area contributed by atoms with Gasteiger partial charge in [-0.05, 0) is 32.2 Å². The molecule has 1 aromatic heterocycles. The maximum Gasteiger partial charge on any atom is 0.263 e. The minimum absolute atomic E-state index is 0.00524. The lowest BCUT2D eigenvalue weighted by molar-refractivity contribution is 0.0947. The fourth-order valence-corrected chi connectivity index (χ4v) is 3.06. The monoisotopic (exact) mass is 267 g/mol. The van der Waals surface area contributed by atoms with Gasteiger partial charge in [0.2, 0.25) is 0 Å². The number of hydrogen-bond acceptors (Lipinski definition) is 4. The number of carbonyl (C=O) groups excluding carboxylic acids is 1. The number of nitrogens with one attached hydrogen (secondary N) is 1. The summed E-state index contributed by atoms with van der Waals surface area (Å²) in [6.07, 6.45) is 4.27. The molecule has 100 valence electrons. The van der Waals surface area contributed by atoms with E-state index in [9.17, 15) is 4.79 Å². The van der Waals surface area contributed by atoms with Crippen LogP contribution in [0, 0.1) is 12.8 Å². The summed E-state index contributed by atoms with van der Waals surface area (Å²) in [7, 11) is 0. The van der Waals surface area contributed by atoms with Crippen LogP contribution < -0.4 is 5.32 Å². The summed E-state index contributed by atoms with van der Waals surface area (Å²) in [4.78, 5) is 19.0. The van der Waals surface area contributed by atoms with Crippen LogP contribution in [0.1, 0.15) is 34.4 Å². The lowest BCUT2D eigenvalue weighted by atomic mass is 10.0. The van der Waals surface area contributed by atoms with Crippen molar-refractivity contribution in [2.24, 2.45) is 5.92 Å². The minimum atomic E-state index is 0.00524. The van der Waals surface area contributed by atoms with Crippen LogP contribution in [0.5, 0.6) is 0 Å². The molecule has 1 amide bonds. The van der Waals surface area contributed by atoms with Crippen molar-refractivity contribution in [2.75, 3.05) is 26.2 Å². The number of amides is 1. The Morgan fingerprint density at radius 3 is 3.17 bits per heavy atom. The zero-order chi connectivity index (χ0) is 13.0. The summed E-state index contributed by atoms with van der Waals surface area (Å²) in [6.45, 7) is 8.22. The Hall–Kier alpha value is -0.940. The van der Waals surface area contributed by atoms with Gasteiger partial charge in [0, 0.05) is 19.6 Å². The highest BCUT2D eigenvalue weighted by atomic mass is 32.1. The SMILES string of the molecule is Cc1ncc(C(=O)NCCN2CCCC(C)C2)s1. The lowest BCUT2D eigenvalue weighted by Gasteiger charge is -2.30. The number of likely N-dealkylation sites (tertiary alicyclic amines) is 1. The second kappa shape index (κ2) is 6.29. The Bertz CT molecular complexity index is 405. The summed E-state index contributed by atoms with van der Waals surface area (Å²) in [5.41, 5.74) is 0. The van der Waals surface area contributed by atoms with Crippen molar-refractivity contribution in [3.63, 3.8) is 0 Å². The first-order valence-corrected chi connectivity index (χ1v) is 7.40. The Morgan fingerprint density at radius 1 is 1.67 bits per heavy atom. The third-order valence-corrected chi connectivity index (χ3v) is 4.21. The standard InChI is InChI=1S/C13H21N3OS/c1-10-4-3-6-16(9-10)7-5-14-13(17)12-8-15-11(2)18-12/h8,10H,3-7,9H2,1-2H3,(H,14,17). The zero-order valence-corrected chi connectivity index (χ0v) is 11.9. The quantitative estimate of drug-likeness (QED) is 0.906. The van der Waals surface area contributed by atoms with Crippen molar-refractivity contribution < 1.29 is 4.79 Å². The smallest absolute Gasteiger partial charge is 0.263 e. The molecule has 1 aliphatic rings. The highest BCUT2D eigenvalue weighted by Gasteiger charge is 2.16. The molecule has 18 heavy (non-hydrogen) atoms. The van der Waals surface area contributed by atoms with Crippen LogP contribution in [0.25, 0.3) is 0 Å². The van der Waals surface area contributed by atoms with E-state index in [2.05, 4.69) is 22.1 Å². The van der Waals surface area contributed by atoms with Gasteiger partial charge in [-0.15, -0.1) is 11.3 Å². The summed E-state index contributed by atoms with van der Waals surface area (Å²) < 4.78 is 0. The van der Waals surface area contributed by atoms with E-state index in [0.717, 1.165) is 30.6 Å². The van der Waals surface area contributed by atoms with Crippen molar-refractivity contribution in [1.29, 1.82) is 0 Å². The molecule has 1 atom stereocenters. The van der Waals surface area contributed by atoms with Gasteiger partial charge in [0.25, 0.3) is 5.91 Å². The lowest BCUT2D eigenvalue weighted by Crippen LogP contribution is -2.40. The molecule has 1 unspecified atom stereocenters. The summed E-state index contributed by atoms with van der Waals surface area (Å²) in [5, 5.41) is 3.90. The maximum atomic E-state index is 11.8. The van der Waals surface area contributed by atoms with Gasteiger partial charge in [0.15, 0.2) is 0 Å². The molecule has 0 aliphatic carbocycles. The van der Waals surface area contributed by atoms with Gasteiger partial charge >= 0.3 is 0 Å². The van der Waals surface area contributed by atoms with Gasteiger partial charge in [-0.2, -0.15) is 0 Å². The largest absolute Gasteiger partial charge is 0.350 e. The van der Waals surface area contributed by atoms with E-state index >= 15 is 0 Å². The van der Waals surface area contributed by atoms with E-state index in [0.29, 0.717) is 4.88 Å². The van der Waals surface area contributed by atoms with E-state index in [-0.39, 0.29) is 5.91 Å². The summed E-state index contributed by atoms with van der Waals surface area (Å²) in [5.74, 6) is 0.796. The van der Waals surface area contributed by atoms with Crippen LogP contribution in [0.2, 0.25) is 0 Å². The van der Waals surface area contributed by atoms with Crippen molar-refractivity contribution in [2.45, 2.75) is 26.7 Å². The van der Waals surface area contributed by atoms with Gasteiger partial charge in [-0.1, -0.05) is 6.92 Å². The van der Waals surface area contributed by atoms with Gasteiger partial charge < -0.3 is 10.2 Å². The second-order valence-electron chi connectivity index (χ2n) is 5.05. The first-order valence-electron chi connectivity index (χ1n) is 6.58. The highest BCUT2D eigenvalue weighted by molar-refractivity contribution is 7.13. The predicted octanol–water partition coefficient (Wildman–Crippen LogP) is 1.91. The number of aryl methyl sites for hydroxylation is 1. The summed E-state index contributed by atoms with van der Waals surface area (Å²) >= 11 is 1.45. The van der Waals surface area contributed by atoms with Crippen molar-refractivity contribution >= 4 is 17.2 Å². The van der Waals surface area contributed by atoms with Gasteiger partial charge in [-0.25, -0.2) is 4.98 Å². The first-order chi connectivity index (χ1) is 8.65. The third-order valence-electron chi connectivity index (χ3n) is 3.30. The molecule has 5 heteroatoms. The molecular weight excluding hydrogens is 246 g/mol. The molecule has 0 bridgehead atoms. The molecule has 0 spiro atoms. The Morgan fingerprint density at radius 2 is 2.50 bits per heavy atom. The van der Waals surface area contributed by atoms with Crippen molar-refractivity contribution in [1.82, 2.24) is 15.2 Å². The third kappa shape index (κ3) is 3.78. The maximum absolute atomic E-state index is 11.8. The number of thiazole rings is 1. The van der Waals surface area contributed by atoms with Crippen LogP contribution in [-0.4, -0.2) is 42.0 Å². The average Bonchev–Trinajstić information content (AvgIpc) is 2.76. The molecule has 1 saturated heterocycles. The molecule has 1 fully saturated rings. The summed E-state index contributed by atoms with van der Waals surface area (Å²) in [6, 6.07) is 0. The molecule has 1 aromatic rings. The number of nitrogens with zero attached hydrogens (tertiary/aromatic N) is 2. The number of rotatable bonds is 4. The van der Waals surface area contributed by atoms with E-state index < -0.39 is 0 Å². The Labute approximate surface area is 112 Å². The molecule has 1 N–H and O–H groups in total. The molecule has 0 saturated carbocycles. The van der Waals surface area contributed by atoms with Crippen LogP contribution in [0.4, 0.5) is 0 Å². The van der Waals surface area contributed by atoms with E-state index in [1.54, 1.807) is 6.20 Å². The number of piperidine rings is 1. The van der Waals surface area contributed by atoms with Crippen molar-refractivity contribution in [3.05, 3.63) is 16.1 Å². The van der Waals surface area contributed by atoms with Gasteiger partial charge in [0.1, 0.15) is 4.88 Å². The molecule has 2 rings (SSSR count). The second-order valence-corrected chi connectivity index (χ2v) is 6.28. The number of aromatic nitrogens is 1. The van der Waals surface area contributed by atoms with E-state index in [1.165, 1.54) is 30.7 Å². The first kappa shape index (κ1) is 13.5. The zero-order valence-electron chi connectivity index (χ0n) is 11.1. The van der Waals surface area contributed by atoms with Gasteiger partial charge in [-0.3, -0.25) is 4.79 Å². The predicted molar refractivity (Wildman–Crippen MR) is 74.0 cm³/mol.